The minimum Gasteiger partial charge on any atom is -0.491 e. The van der Waals surface area contributed by atoms with Crippen molar-refractivity contribution in [1.82, 2.24) is 5.32 Å². The van der Waals surface area contributed by atoms with Crippen LogP contribution in [-0.4, -0.2) is 42.1 Å². The Kier molecular flexibility index (Phi) is 7.48. The second-order valence-corrected chi connectivity index (χ2v) is 4.76. The van der Waals surface area contributed by atoms with Gasteiger partial charge in [-0.15, -0.1) is 0 Å². The van der Waals surface area contributed by atoms with E-state index in [0.29, 0.717) is 13.0 Å². The van der Waals surface area contributed by atoms with Crippen molar-refractivity contribution >= 4 is 0 Å². The Morgan fingerprint density at radius 1 is 1.32 bits per heavy atom. The topological polar surface area (TPSA) is 61.7 Å². The number of aliphatic hydroxyl groups is 2. The predicted octanol–water partition coefficient (Wildman–Crippen LogP) is 1.49. The number of para-hydroxylation sites is 1. The molecule has 0 spiro atoms. The van der Waals surface area contributed by atoms with E-state index in [9.17, 15) is 5.11 Å². The summed E-state index contributed by atoms with van der Waals surface area (Å²) in [6.07, 6.45) is 1.10. The van der Waals surface area contributed by atoms with Crippen molar-refractivity contribution in [3.8, 4) is 5.75 Å². The maximum absolute atomic E-state index is 9.86. The highest BCUT2D eigenvalue weighted by Gasteiger charge is 2.10. The van der Waals surface area contributed by atoms with Gasteiger partial charge in [-0.25, -0.2) is 0 Å². The highest BCUT2D eigenvalue weighted by molar-refractivity contribution is 5.31. The standard InChI is InChI=1S/C15H25NO3/c1-3-13(8-9-17)16-10-14(18)11-19-15-7-5-4-6-12(15)2/h4-7,13-14,16-18H,3,8-11H2,1-2H3. The molecular weight excluding hydrogens is 242 g/mol. The zero-order valence-electron chi connectivity index (χ0n) is 11.8. The molecule has 19 heavy (non-hydrogen) atoms. The number of ether oxygens (including phenoxy) is 1. The lowest BCUT2D eigenvalue weighted by Crippen LogP contribution is -2.38. The zero-order valence-corrected chi connectivity index (χ0v) is 11.8. The highest BCUT2D eigenvalue weighted by atomic mass is 16.5. The van der Waals surface area contributed by atoms with E-state index in [1.807, 2.05) is 31.2 Å². The number of rotatable bonds is 9. The number of hydrogen-bond acceptors (Lipinski definition) is 4. The summed E-state index contributed by atoms with van der Waals surface area (Å²) >= 11 is 0. The van der Waals surface area contributed by atoms with Gasteiger partial charge in [-0.2, -0.15) is 0 Å². The van der Waals surface area contributed by atoms with E-state index >= 15 is 0 Å². The molecule has 4 nitrogen and oxygen atoms in total. The molecule has 2 atom stereocenters. The molecule has 4 heteroatoms. The summed E-state index contributed by atoms with van der Waals surface area (Å²) in [5, 5.41) is 22.0. The summed E-state index contributed by atoms with van der Waals surface area (Å²) in [5.41, 5.74) is 1.06. The SMILES string of the molecule is CCC(CCO)NCC(O)COc1ccccc1C. The number of benzene rings is 1. The average Bonchev–Trinajstić information content (AvgIpc) is 2.42. The molecule has 1 aromatic rings. The van der Waals surface area contributed by atoms with Crippen LogP contribution >= 0.6 is 0 Å². The molecule has 0 fully saturated rings. The van der Waals surface area contributed by atoms with Gasteiger partial charge in [0.15, 0.2) is 0 Å². The molecule has 0 aliphatic rings. The molecule has 2 unspecified atom stereocenters. The first-order chi connectivity index (χ1) is 9.17. The molecule has 0 heterocycles. The van der Waals surface area contributed by atoms with Crippen molar-refractivity contribution in [2.75, 3.05) is 19.8 Å². The van der Waals surface area contributed by atoms with Gasteiger partial charge in [-0.05, 0) is 31.4 Å². The molecule has 0 saturated carbocycles. The van der Waals surface area contributed by atoms with Crippen LogP contribution in [-0.2, 0) is 0 Å². The summed E-state index contributed by atoms with van der Waals surface area (Å²) in [4.78, 5) is 0. The van der Waals surface area contributed by atoms with Gasteiger partial charge in [0.1, 0.15) is 18.5 Å². The third-order valence-electron chi connectivity index (χ3n) is 3.14. The van der Waals surface area contributed by atoms with Gasteiger partial charge in [0.2, 0.25) is 0 Å². The first-order valence-electron chi connectivity index (χ1n) is 6.88. The quantitative estimate of drug-likeness (QED) is 0.634. The molecule has 1 rings (SSSR count). The Labute approximate surface area is 115 Å². The summed E-state index contributed by atoms with van der Waals surface area (Å²) in [5.74, 6) is 0.809. The predicted molar refractivity (Wildman–Crippen MR) is 76.5 cm³/mol. The van der Waals surface area contributed by atoms with E-state index < -0.39 is 6.10 Å². The van der Waals surface area contributed by atoms with Crippen molar-refractivity contribution in [2.45, 2.75) is 38.8 Å². The van der Waals surface area contributed by atoms with Gasteiger partial charge >= 0.3 is 0 Å². The first-order valence-corrected chi connectivity index (χ1v) is 6.88. The maximum atomic E-state index is 9.86. The molecule has 0 aliphatic heterocycles. The number of aliphatic hydroxyl groups excluding tert-OH is 2. The van der Waals surface area contributed by atoms with Gasteiger partial charge in [0, 0.05) is 19.2 Å². The van der Waals surface area contributed by atoms with Crippen molar-refractivity contribution in [2.24, 2.45) is 0 Å². The summed E-state index contributed by atoms with van der Waals surface area (Å²) in [7, 11) is 0. The number of nitrogens with one attached hydrogen (secondary N) is 1. The summed E-state index contributed by atoms with van der Waals surface area (Å²) in [6.45, 7) is 4.96. The molecule has 0 aromatic heterocycles. The van der Waals surface area contributed by atoms with Crippen LogP contribution in [0.2, 0.25) is 0 Å². The Hall–Kier alpha value is -1.10. The van der Waals surface area contributed by atoms with Crippen LogP contribution < -0.4 is 10.1 Å². The minimum absolute atomic E-state index is 0.168. The molecule has 0 radical (unpaired) electrons. The second kappa shape index (κ2) is 8.91. The number of aryl methyl sites for hydroxylation is 1. The lowest BCUT2D eigenvalue weighted by Gasteiger charge is -2.19. The molecule has 0 saturated heterocycles. The van der Waals surface area contributed by atoms with Crippen molar-refractivity contribution < 1.29 is 14.9 Å². The summed E-state index contributed by atoms with van der Waals surface area (Å²) < 4.78 is 5.59. The third kappa shape index (κ3) is 6.05. The van der Waals surface area contributed by atoms with Gasteiger partial charge < -0.3 is 20.3 Å². The van der Waals surface area contributed by atoms with Crippen LogP contribution in [0.5, 0.6) is 5.75 Å². The van der Waals surface area contributed by atoms with Crippen LogP contribution in [0.4, 0.5) is 0 Å². The largest absolute Gasteiger partial charge is 0.491 e. The third-order valence-corrected chi connectivity index (χ3v) is 3.14. The first kappa shape index (κ1) is 16.0. The molecule has 3 N–H and O–H groups in total. The van der Waals surface area contributed by atoms with Crippen molar-refractivity contribution in [3.05, 3.63) is 29.8 Å². The van der Waals surface area contributed by atoms with Gasteiger partial charge in [0.05, 0.1) is 0 Å². The molecule has 0 amide bonds. The Balaban J connectivity index is 2.28. The van der Waals surface area contributed by atoms with Gasteiger partial charge in [-0.3, -0.25) is 0 Å². The van der Waals surface area contributed by atoms with Crippen molar-refractivity contribution in [1.29, 1.82) is 0 Å². The smallest absolute Gasteiger partial charge is 0.122 e. The molecule has 108 valence electrons. The second-order valence-electron chi connectivity index (χ2n) is 4.76. The Morgan fingerprint density at radius 3 is 2.68 bits per heavy atom. The maximum Gasteiger partial charge on any atom is 0.122 e. The molecule has 1 aromatic carbocycles. The molecule has 0 aliphatic carbocycles. The van der Waals surface area contributed by atoms with Crippen LogP contribution in [0, 0.1) is 6.92 Å². The van der Waals surface area contributed by atoms with Crippen LogP contribution in [0.25, 0.3) is 0 Å². The van der Waals surface area contributed by atoms with E-state index in [-0.39, 0.29) is 19.3 Å². The highest BCUT2D eigenvalue weighted by Crippen LogP contribution is 2.16. The van der Waals surface area contributed by atoms with Crippen molar-refractivity contribution in [3.63, 3.8) is 0 Å². The monoisotopic (exact) mass is 267 g/mol. The lowest BCUT2D eigenvalue weighted by atomic mass is 10.1. The van der Waals surface area contributed by atoms with Crippen LogP contribution in [0.1, 0.15) is 25.3 Å². The molecular formula is C15H25NO3. The fraction of sp³-hybridized carbons (Fsp3) is 0.600. The average molecular weight is 267 g/mol. The minimum atomic E-state index is -0.549. The van der Waals surface area contributed by atoms with Gasteiger partial charge in [0.25, 0.3) is 0 Å². The Bertz CT molecular complexity index is 357. The van der Waals surface area contributed by atoms with E-state index in [2.05, 4.69) is 12.2 Å². The van der Waals surface area contributed by atoms with Gasteiger partial charge in [-0.1, -0.05) is 25.1 Å². The fourth-order valence-corrected chi connectivity index (χ4v) is 1.87. The van der Waals surface area contributed by atoms with E-state index in [4.69, 9.17) is 9.84 Å². The van der Waals surface area contributed by atoms with E-state index in [1.165, 1.54) is 0 Å². The molecule has 0 bridgehead atoms. The van der Waals surface area contributed by atoms with Crippen LogP contribution in [0.3, 0.4) is 0 Å². The van der Waals surface area contributed by atoms with E-state index in [0.717, 1.165) is 17.7 Å². The normalized spacial score (nSPS) is 14.1. The fourth-order valence-electron chi connectivity index (χ4n) is 1.87. The Morgan fingerprint density at radius 2 is 2.05 bits per heavy atom. The van der Waals surface area contributed by atoms with E-state index in [1.54, 1.807) is 0 Å². The lowest BCUT2D eigenvalue weighted by molar-refractivity contribution is 0.101. The zero-order chi connectivity index (χ0) is 14.1. The number of hydrogen-bond donors (Lipinski definition) is 3. The summed E-state index contributed by atoms with van der Waals surface area (Å²) in [6, 6.07) is 8.00. The van der Waals surface area contributed by atoms with Crippen LogP contribution in [0.15, 0.2) is 24.3 Å².